The van der Waals surface area contributed by atoms with Crippen molar-refractivity contribution in [2.75, 3.05) is 5.32 Å². The van der Waals surface area contributed by atoms with Crippen LogP contribution in [0, 0.1) is 0 Å². The molecule has 2 aromatic rings. The van der Waals surface area contributed by atoms with Crippen molar-refractivity contribution in [3.63, 3.8) is 0 Å². The zero-order chi connectivity index (χ0) is 14.4. The highest BCUT2D eigenvalue weighted by atomic mass is 16.3. The van der Waals surface area contributed by atoms with Crippen molar-refractivity contribution in [1.82, 2.24) is 0 Å². The maximum atomic E-state index is 12.4. The summed E-state index contributed by atoms with van der Waals surface area (Å²) >= 11 is 0. The molecule has 0 spiro atoms. The molecule has 0 aromatic heterocycles. The molecule has 3 heteroatoms. The number of phenols is 1. The molecular weight excluding hydrogens is 250 g/mol. The predicted octanol–water partition coefficient (Wildman–Crippen LogP) is 3.91. The van der Waals surface area contributed by atoms with Gasteiger partial charge in [0.2, 0.25) is 5.91 Å². The zero-order valence-corrected chi connectivity index (χ0v) is 11.5. The Morgan fingerprint density at radius 2 is 1.75 bits per heavy atom. The highest BCUT2D eigenvalue weighted by molar-refractivity contribution is 5.96. The molecule has 0 aliphatic heterocycles. The minimum atomic E-state index is -0.194. The number of aromatic hydroxyl groups is 1. The van der Waals surface area contributed by atoms with Gasteiger partial charge in [0.15, 0.2) is 0 Å². The van der Waals surface area contributed by atoms with E-state index in [1.165, 1.54) is 0 Å². The molecule has 0 saturated carbocycles. The SMILES string of the molecule is CCC[C@@H](C(=O)Nc1ccccc1O)c1ccccc1. The summed E-state index contributed by atoms with van der Waals surface area (Å²) < 4.78 is 0. The molecule has 0 bridgehead atoms. The van der Waals surface area contributed by atoms with E-state index in [-0.39, 0.29) is 17.6 Å². The first kappa shape index (κ1) is 14.1. The molecule has 0 fully saturated rings. The number of nitrogens with one attached hydrogen (secondary N) is 1. The van der Waals surface area contributed by atoms with E-state index in [1.807, 2.05) is 30.3 Å². The third-order valence-corrected chi connectivity index (χ3v) is 3.26. The third-order valence-electron chi connectivity index (χ3n) is 3.26. The fourth-order valence-corrected chi connectivity index (χ4v) is 2.22. The van der Waals surface area contributed by atoms with Gasteiger partial charge in [0, 0.05) is 0 Å². The van der Waals surface area contributed by atoms with Gasteiger partial charge in [0.05, 0.1) is 11.6 Å². The molecule has 0 aliphatic rings. The summed E-state index contributed by atoms with van der Waals surface area (Å²) in [5.74, 6) is -0.190. The smallest absolute Gasteiger partial charge is 0.232 e. The van der Waals surface area contributed by atoms with Crippen molar-refractivity contribution >= 4 is 11.6 Å². The fourth-order valence-electron chi connectivity index (χ4n) is 2.22. The van der Waals surface area contributed by atoms with Crippen LogP contribution in [0.1, 0.15) is 31.2 Å². The van der Waals surface area contributed by atoms with Gasteiger partial charge in [0.25, 0.3) is 0 Å². The number of hydrogen-bond acceptors (Lipinski definition) is 2. The summed E-state index contributed by atoms with van der Waals surface area (Å²) in [6.45, 7) is 2.06. The van der Waals surface area contributed by atoms with Crippen LogP contribution in [0.5, 0.6) is 5.75 Å². The van der Waals surface area contributed by atoms with E-state index in [1.54, 1.807) is 24.3 Å². The Labute approximate surface area is 119 Å². The number of carbonyl (C=O) groups is 1. The first-order chi connectivity index (χ1) is 9.72. The summed E-state index contributed by atoms with van der Waals surface area (Å²) in [5, 5.41) is 12.5. The van der Waals surface area contributed by atoms with Crippen LogP contribution in [0.15, 0.2) is 54.6 Å². The van der Waals surface area contributed by atoms with Crippen molar-refractivity contribution in [3.8, 4) is 5.75 Å². The lowest BCUT2D eigenvalue weighted by atomic mass is 9.93. The highest BCUT2D eigenvalue weighted by Crippen LogP contribution is 2.26. The van der Waals surface area contributed by atoms with Crippen LogP contribution in [0.2, 0.25) is 0 Å². The van der Waals surface area contributed by atoms with Gasteiger partial charge in [-0.1, -0.05) is 55.8 Å². The largest absolute Gasteiger partial charge is 0.506 e. The van der Waals surface area contributed by atoms with Crippen LogP contribution >= 0.6 is 0 Å². The van der Waals surface area contributed by atoms with Crippen LogP contribution < -0.4 is 5.32 Å². The third kappa shape index (κ3) is 3.38. The molecule has 0 saturated heterocycles. The van der Waals surface area contributed by atoms with E-state index >= 15 is 0 Å². The molecule has 2 aromatic carbocycles. The standard InChI is InChI=1S/C17H19NO2/c1-2-8-14(13-9-4-3-5-10-13)17(20)18-15-11-6-7-12-16(15)19/h3-7,9-12,14,19H,2,8H2,1H3,(H,18,20)/t14-/m1/s1. The molecule has 0 radical (unpaired) electrons. The topological polar surface area (TPSA) is 49.3 Å². The van der Waals surface area contributed by atoms with E-state index in [2.05, 4.69) is 12.2 Å². The molecule has 20 heavy (non-hydrogen) atoms. The molecule has 104 valence electrons. The van der Waals surface area contributed by atoms with Gasteiger partial charge in [-0.2, -0.15) is 0 Å². The quantitative estimate of drug-likeness (QED) is 0.808. The fraction of sp³-hybridized carbons (Fsp3) is 0.235. The van der Waals surface area contributed by atoms with Crippen LogP contribution in [-0.2, 0) is 4.79 Å². The first-order valence-corrected chi connectivity index (χ1v) is 6.86. The van der Waals surface area contributed by atoms with Gasteiger partial charge in [-0.25, -0.2) is 0 Å². The Balaban J connectivity index is 2.18. The Bertz CT molecular complexity index is 566. The number of amides is 1. The minimum absolute atomic E-state index is 0.0837. The summed E-state index contributed by atoms with van der Waals surface area (Å²) in [4.78, 5) is 12.4. The lowest BCUT2D eigenvalue weighted by Gasteiger charge is -2.17. The number of anilines is 1. The van der Waals surface area contributed by atoms with E-state index in [0.717, 1.165) is 18.4 Å². The van der Waals surface area contributed by atoms with Gasteiger partial charge < -0.3 is 10.4 Å². The van der Waals surface area contributed by atoms with Crippen LogP contribution in [0.3, 0.4) is 0 Å². The number of carbonyl (C=O) groups excluding carboxylic acids is 1. The number of para-hydroxylation sites is 2. The molecule has 0 aliphatic carbocycles. The summed E-state index contributed by atoms with van der Waals surface area (Å²) in [6, 6.07) is 16.5. The second-order valence-corrected chi connectivity index (χ2v) is 4.76. The van der Waals surface area contributed by atoms with Crippen LogP contribution in [0.4, 0.5) is 5.69 Å². The maximum absolute atomic E-state index is 12.4. The van der Waals surface area contributed by atoms with E-state index < -0.39 is 0 Å². The summed E-state index contributed by atoms with van der Waals surface area (Å²) in [7, 11) is 0. The average molecular weight is 269 g/mol. The molecule has 2 N–H and O–H groups in total. The van der Waals surface area contributed by atoms with Gasteiger partial charge in [0.1, 0.15) is 5.75 Å². The van der Waals surface area contributed by atoms with Crippen molar-refractivity contribution in [2.45, 2.75) is 25.7 Å². The Morgan fingerprint density at radius 1 is 1.10 bits per heavy atom. The normalized spacial score (nSPS) is 11.8. The number of rotatable bonds is 5. The Kier molecular flexibility index (Phi) is 4.77. The zero-order valence-electron chi connectivity index (χ0n) is 11.5. The number of phenolic OH excluding ortho intramolecular Hbond substituents is 1. The van der Waals surface area contributed by atoms with Gasteiger partial charge in [-0.3, -0.25) is 4.79 Å². The minimum Gasteiger partial charge on any atom is -0.506 e. The summed E-state index contributed by atoms with van der Waals surface area (Å²) in [5.41, 5.74) is 1.46. The van der Waals surface area contributed by atoms with E-state index in [9.17, 15) is 9.90 Å². The first-order valence-electron chi connectivity index (χ1n) is 6.86. The average Bonchev–Trinajstić information content (AvgIpc) is 2.48. The molecule has 0 heterocycles. The van der Waals surface area contributed by atoms with Crippen molar-refractivity contribution in [2.24, 2.45) is 0 Å². The highest BCUT2D eigenvalue weighted by Gasteiger charge is 2.20. The maximum Gasteiger partial charge on any atom is 0.232 e. The summed E-state index contributed by atoms with van der Waals surface area (Å²) in [6.07, 6.45) is 1.71. The monoisotopic (exact) mass is 269 g/mol. The molecule has 1 amide bonds. The molecule has 3 nitrogen and oxygen atoms in total. The van der Waals surface area contributed by atoms with Gasteiger partial charge in [-0.15, -0.1) is 0 Å². The molecular formula is C17H19NO2. The van der Waals surface area contributed by atoms with E-state index in [0.29, 0.717) is 5.69 Å². The Morgan fingerprint density at radius 3 is 2.40 bits per heavy atom. The van der Waals surface area contributed by atoms with Crippen LogP contribution in [0.25, 0.3) is 0 Å². The van der Waals surface area contributed by atoms with Crippen molar-refractivity contribution in [1.29, 1.82) is 0 Å². The number of hydrogen-bond donors (Lipinski definition) is 2. The number of benzene rings is 2. The second-order valence-electron chi connectivity index (χ2n) is 4.76. The van der Waals surface area contributed by atoms with Crippen LogP contribution in [-0.4, -0.2) is 11.0 Å². The molecule has 1 atom stereocenters. The van der Waals surface area contributed by atoms with Gasteiger partial charge >= 0.3 is 0 Å². The van der Waals surface area contributed by atoms with E-state index in [4.69, 9.17) is 0 Å². The van der Waals surface area contributed by atoms with Crippen molar-refractivity contribution in [3.05, 3.63) is 60.2 Å². The lowest BCUT2D eigenvalue weighted by molar-refractivity contribution is -0.117. The Hall–Kier alpha value is -2.29. The van der Waals surface area contributed by atoms with Crippen molar-refractivity contribution < 1.29 is 9.90 Å². The van der Waals surface area contributed by atoms with Gasteiger partial charge in [-0.05, 0) is 24.1 Å². The second kappa shape index (κ2) is 6.75. The molecule has 2 rings (SSSR count). The predicted molar refractivity (Wildman–Crippen MR) is 80.8 cm³/mol. The lowest BCUT2D eigenvalue weighted by Crippen LogP contribution is -2.21. The molecule has 0 unspecified atom stereocenters.